The van der Waals surface area contributed by atoms with Gasteiger partial charge in [-0.3, -0.25) is 4.79 Å². The Bertz CT molecular complexity index is 1210. The first-order valence-corrected chi connectivity index (χ1v) is 10.0. The molecule has 3 aromatic rings. The van der Waals surface area contributed by atoms with Crippen molar-refractivity contribution in [2.75, 3.05) is 14.2 Å². The highest BCUT2D eigenvalue weighted by Gasteiger charge is 2.24. The van der Waals surface area contributed by atoms with Crippen LogP contribution in [-0.2, 0) is 16.0 Å². The number of carbonyl (C=O) groups excluding carboxylic acids is 3. The number of aldehydes is 1. The average molecular weight is 450 g/mol. The van der Waals surface area contributed by atoms with E-state index in [1.807, 2.05) is 44.2 Å². The van der Waals surface area contributed by atoms with Crippen LogP contribution in [0.15, 0.2) is 36.4 Å². The molecule has 172 valence electrons. The maximum Gasteiger partial charge on any atom is 0.373 e. The number of aromatic hydroxyl groups is 2. The van der Waals surface area contributed by atoms with Gasteiger partial charge in [0.1, 0.15) is 11.5 Å². The predicted molar refractivity (Wildman–Crippen MR) is 122 cm³/mol. The van der Waals surface area contributed by atoms with Crippen molar-refractivity contribution in [1.29, 1.82) is 0 Å². The zero-order valence-corrected chi connectivity index (χ0v) is 19.2. The first-order chi connectivity index (χ1) is 15.7. The Morgan fingerprint density at radius 3 is 2.09 bits per heavy atom. The number of hydrogen-bond donors (Lipinski definition) is 2. The van der Waals surface area contributed by atoms with Crippen molar-refractivity contribution in [3.8, 4) is 34.1 Å². The molecule has 0 saturated heterocycles. The van der Waals surface area contributed by atoms with Crippen molar-refractivity contribution in [2.24, 2.45) is 0 Å². The van der Waals surface area contributed by atoms with Crippen LogP contribution < -0.4 is 9.47 Å². The number of benzene rings is 3. The van der Waals surface area contributed by atoms with E-state index in [1.54, 1.807) is 27.2 Å². The van der Waals surface area contributed by atoms with Crippen LogP contribution in [0.1, 0.15) is 38.2 Å². The third-order valence-corrected chi connectivity index (χ3v) is 5.58. The Balaban J connectivity index is 0.00000122. The van der Waals surface area contributed by atoms with Crippen LogP contribution in [0.5, 0.6) is 23.0 Å². The predicted octanol–water partition coefficient (Wildman–Crippen LogP) is 4.53. The molecule has 0 aliphatic heterocycles. The van der Waals surface area contributed by atoms with E-state index in [-0.39, 0.29) is 17.5 Å². The lowest BCUT2D eigenvalue weighted by Crippen LogP contribution is -2.05. The molecule has 7 heteroatoms. The van der Waals surface area contributed by atoms with Gasteiger partial charge in [-0.1, -0.05) is 24.3 Å². The SMILES string of the molecule is COc1cc(C)c(Cc2c(C=O)c(O)c(O)c(C)c2-c2ccccc2C)c(OC)c1.O=C=O. The highest BCUT2D eigenvalue weighted by atomic mass is 16.5. The lowest BCUT2D eigenvalue weighted by Gasteiger charge is -2.21. The molecule has 3 rings (SSSR count). The molecule has 0 heterocycles. The molecule has 3 aromatic carbocycles. The fraction of sp³-hybridized carbons (Fsp3) is 0.231. The number of phenolic OH excluding ortho intramolecular Hbond substituents is 2. The summed E-state index contributed by atoms with van der Waals surface area (Å²) in [7, 11) is 3.18. The summed E-state index contributed by atoms with van der Waals surface area (Å²) in [6.07, 6.45) is 1.18. The molecule has 0 bridgehead atoms. The fourth-order valence-corrected chi connectivity index (χ4v) is 3.91. The zero-order chi connectivity index (χ0) is 24.7. The maximum atomic E-state index is 12.0. The van der Waals surface area contributed by atoms with Gasteiger partial charge in [-0.05, 0) is 54.7 Å². The number of hydrogen-bond acceptors (Lipinski definition) is 7. The molecule has 0 atom stereocenters. The van der Waals surface area contributed by atoms with Gasteiger partial charge in [0.2, 0.25) is 0 Å². The zero-order valence-electron chi connectivity index (χ0n) is 19.2. The molecule has 33 heavy (non-hydrogen) atoms. The number of rotatable bonds is 6. The van der Waals surface area contributed by atoms with Crippen LogP contribution in [-0.4, -0.2) is 36.9 Å². The smallest absolute Gasteiger partial charge is 0.373 e. The third kappa shape index (κ3) is 5.05. The molecular weight excluding hydrogens is 424 g/mol. The van der Waals surface area contributed by atoms with Crippen molar-refractivity contribution in [3.05, 3.63) is 69.8 Å². The molecule has 0 fully saturated rings. The Morgan fingerprint density at radius 2 is 1.55 bits per heavy atom. The Labute approximate surface area is 192 Å². The highest BCUT2D eigenvalue weighted by molar-refractivity contribution is 5.91. The largest absolute Gasteiger partial charge is 0.504 e. The van der Waals surface area contributed by atoms with Crippen molar-refractivity contribution < 1.29 is 34.1 Å². The minimum absolute atomic E-state index is 0.0774. The third-order valence-electron chi connectivity index (χ3n) is 5.58. The number of ether oxygens (including phenoxy) is 2. The number of phenols is 2. The molecule has 0 aliphatic carbocycles. The number of carbonyl (C=O) groups is 1. The summed E-state index contributed by atoms with van der Waals surface area (Å²) >= 11 is 0. The van der Waals surface area contributed by atoms with Gasteiger partial charge in [0, 0.05) is 23.6 Å². The van der Waals surface area contributed by atoms with Gasteiger partial charge < -0.3 is 19.7 Å². The van der Waals surface area contributed by atoms with Crippen LogP contribution in [0.3, 0.4) is 0 Å². The van der Waals surface area contributed by atoms with E-state index < -0.39 is 5.75 Å². The number of methoxy groups -OCH3 is 2. The Morgan fingerprint density at radius 1 is 0.909 bits per heavy atom. The summed E-state index contributed by atoms with van der Waals surface area (Å²) in [6, 6.07) is 11.5. The van der Waals surface area contributed by atoms with Gasteiger partial charge in [0.15, 0.2) is 17.8 Å². The maximum absolute atomic E-state index is 12.0. The molecule has 0 unspecified atom stereocenters. The minimum atomic E-state index is -0.403. The normalized spacial score (nSPS) is 9.97. The van der Waals surface area contributed by atoms with E-state index in [4.69, 9.17) is 19.1 Å². The van der Waals surface area contributed by atoms with Crippen molar-refractivity contribution >= 4 is 12.4 Å². The standard InChI is InChI=1S/C25H26O5.CO2/c1-14-8-6-7-9-18(14)23-16(3)24(27)25(28)21(13-26)20(23)12-19-15(2)10-17(29-4)11-22(19)30-5;2-1-3/h6-11,13,27-28H,12H2,1-5H3;. The van der Waals surface area contributed by atoms with Gasteiger partial charge in [0.25, 0.3) is 0 Å². The second-order valence-electron chi connectivity index (χ2n) is 7.41. The van der Waals surface area contributed by atoms with Gasteiger partial charge >= 0.3 is 6.15 Å². The van der Waals surface area contributed by atoms with Gasteiger partial charge in [-0.25, -0.2) is 0 Å². The summed E-state index contributed by atoms with van der Waals surface area (Å²) in [5, 5.41) is 21.0. The molecule has 2 N–H and O–H groups in total. The monoisotopic (exact) mass is 450 g/mol. The van der Waals surface area contributed by atoms with Crippen LogP contribution in [0.25, 0.3) is 11.1 Å². The summed E-state index contributed by atoms with van der Waals surface area (Å²) in [4.78, 5) is 28.2. The molecule has 0 aromatic heterocycles. The van der Waals surface area contributed by atoms with Crippen LogP contribution >= 0.6 is 0 Å². The van der Waals surface area contributed by atoms with Gasteiger partial charge in [0.05, 0.1) is 19.8 Å². The van der Waals surface area contributed by atoms with Crippen molar-refractivity contribution in [2.45, 2.75) is 27.2 Å². The second-order valence-corrected chi connectivity index (χ2v) is 7.41. The molecule has 0 spiro atoms. The lowest BCUT2D eigenvalue weighted by molar-refractivity contribution is -0.191. The first kappa shape index (κ1) is 25.2. The summed E-state index contributed by atoms with van der Waals surface area (Å²) in [6.45, 7) is 5.66. The van der Waals surface area contributed by atoms with Crippen LogP contribution in [0.2, 0.25) is 0 Å². The van der Waals surface area contributed by atoms with E-state index in [2.05, 4.69) is 0 Å². The Hall–Kier alpha value is -4.09. The van der Waals surface area contributed by atoms with Gasteiger partial charge in [-0.2, -0.15) is 9.59 Å². The van der Waals surface area contributed by atoms with E-state index in [0.717, 1.165) is 27.8 Å². The van der Waals surface area contributed by atoms with Crippen LogP contribution in [0, 0.1) is 20.8 Å². The average Bonchev–Trinajstić information content (AvgIpc) is 2.80. The number of aryl methyl sites for hydroxylation is 2. The lowest BCUT2D eigenvalue weighted by atomic mass is 9.84. The molecule has 0 saturated carbocycles. The highest BCUT2D eigenvalue weighted by Crippen LogP contribution is 2.45. The molecule has 0 radical (unpaired) electrons. The molecule has 0 amide bonds. The van der Waals surface area contributed by atoms with Crippen molar-refractivity contribution in [1.82, 2.24) is 0 Å². The van der Waals surface area contributed by atoms with Crippen LogP contribution in [0.4, 0.5) is 0 Å². The molecule has 0 aliphatic rings. The van der Waals surface area contributed by atoms with E-state index in [9.17, 15) is 15.0 Å². The van der Waals surface area contributed by atoms with E-state index in [0.29, 0.717) is 35.3 Å². The quantitative estimate of drug-likeness (QED) is 0.419. The summed E-state index contributed by atoms with van der Waals surface area (Å²) in [5.41, 5.74) is 5.68. The molecule has 7 nitrogen and oxygen atoms in total. The summed E-state index contributed by atoms with van der Waals surface area (Å²) in [5.74, 6) is 0.620. The van der Waals surface area contributed by atoms with Crippen molar-refractivity contribution in [3.63, 3.8) is 0 Å². The molecular formula is C26H26O7. The minimum Gasteiger partial charge on any atom is -0.504 e. The Kier molecular flexibility index (Phi) is 8.37. The second kappa shape index (κ2) is 11.0. The van der Waals surface area contributed by atoms with Gasteiger partial charge in [-0.15, -0.1) is 0 Å². The topological polar surface area (TPSA) is 110 Å². The van der Waals surface area contributed by atoms with E-state index in [1.165, 1.54) is 0 Å². The fourth-order valence-electron chi connectivity index (χ4n) is 3.91. The first-order valence-electron chi connectivity index (χ1n) is 10.0. The summed E-state index contributed by atoms with van der Waals surface area (Å²) < 4.78 is 10.9. The van der Waals surface area contributed by atoms with E-state index >= 15 is 0 Å².